The highest BCUT2D eigenvalue weighted by Crippen LogP contribution is 2.15. The summed E-state index contributed by atoms with van der Waals surface area (Å²) in [5, 5.41) is 10.8. The summed E-state index contributed by atoms with van der Waals surface area (Å²) in [5.74, 6) is 1.39. The van der Waals surface area contributed by atoms with E-state index in [-0.39, 0.29) is 0 Å². The molecule has 4 nitrogen and oxygen atoms in total. The van der Waals surface area contributed by atoms with Gasteiger partial charge < -0.3 is 5.32 Å². The van der Waals surface area contributed by atoms with Gasteiger partial charge in [0.2, 0.25) is 0 Å². The predicted octanol–water partition coefficient (Wildman–Crippen LogP) is 2.30. The molecule has 78 valence electrons. The molecule has 0 unspecified atom stereocenters. The van der Waals surface area contributed by atoms with Gasteiger partial charge in [-0.1, -0.05) is 17.3 Å². The number of benzene rings is 1. The van der Waals surface area contributed by atoms with Crippen LogP contribution in [0.2, 0.25) is 0 Å². The van der Waals surface area contributed by atoms with Crippen molar-refractivity contribution < 1.29 is 0 Å². The summed E-state index contributed by atoms with van der Waals surface area (Å²) in [6.45, 7) is 0. The third-order valence-electron chi connectivity index (χ3n) is 2.10. The van der Waals surface area contributed by atoms with Crippen LogP contribution >= 0.6 is 11.6 Å². The summed E-state index contributed by atoms with van der Waals surface area (Å²) in [5.41, 5.74) is 2.10. The van der Waals surface area contributed by atoms with Crippen molar-refractivity contribution in [1.82, 2.24) is 15.0 Å². The van der Waals surface area contributed by atoms with Gasteiger partial charge in [-0.25, -0.2) is 4.68 Å². The zero-order valence-electron chi connectivity index (χ0n) is 8.31. The fraction of sp³-hybridized carbons (Fsp3) is 0.200. The van der Waals surface area contributed by atoms with E-state index in [1.807, 2.05) is 31.3 Å². The van der Waals surface area contributed by atoms with Crippen molar-refractivity contribution in [2.45, 2.75) is 5.88 Å². The molecule has 2 aromatic rings. The molecule has 1 aromatic carbocycles. The standard InChI is InChI=1S/C10H11ClN4/c1-15-10(7-12-14-15)13-9-4-2-8(6-11)3-5-9/h2-5,7,13H,6H2,1H3. The molecule has 0 amide bonds. The largest absolute Gasteiger partial charge is 0.339 e. The van der Waals surface area contributed by atoms with Crippen LogP contribution in [-0.2, 0) is 12.9 Å². The summed E-state index contributed by atoms with van der Waals surface area (Å²) in [7, 11) is 1.84. The van der Waals surface area contributed by atoms with Crippen LogP contribution in [0.3, 0.4) is 0 Å². The van der Waals surface area contributed by atoms with E-state index in [9.17, 15) is 0 Å². The van der Waals surface area contributed by atoms with Crippen molar-refractivity contribution >= 4 is 23.1 Å². The Balaban J connectivity index is 2.14. The van der Waals surface area contributed by atoms with Gasteiger partial charge in [-0.15, -0.1) is 16.7 Å². The molecular formula is C10H11ClN4. The minimum Gasteiger partial charge on any atom is -0.339 e. The molecule has 0 aliphatic rings. The molecule has 0 spiro atoms. The van der Waals surface area contributed by atoms with Gasteiger partial charge in [-0.2, -0.15) is 0 Å². The molecule has 0 saturated heterocycles. The topological polar surface area (TPSA) is 42.7 Å². The van der Waals surface area contributed by atoms with Gasteiger partial charge in [-0.3, -0.25) is 0 Å². The number of anilines is 2. The normalized spacial score (nSPS) is 10.3. The van der Waals surface area contributed by atoms with Crippen LogP contribution in [0, 0.1) is 0 Å². The zero-order valence-corrected chi connectivity index (χ0v) is 9.07. The van der Waals surface area contributed by atoms with Crippen LogP contribution in [0.1, 0.15) is 5.56 Å². The Kier molecular flexibility index (Phi) is 2.87. The van der Waals surface area contributed by atoms with E-state index in [1.165, 1.54) is 0 Å². The Bertz CT molecular complexity index is 435. The van der Waals surface area contributed by atoms with Gasteiger partial charge in [0.15, 0.2) is 0 Å². The number of halogens is 1. The number of aryl methyl sites for hydroxylation is 1. The molecule has 15 heavy (non-hydrogen) atoms. The Morgan fingerprint density at radius 3 is 2.60 bits per heavy atom. The molecule has 5 heteroatoms. The maximum Gasteiger partial charge on any atom is 0.148 e. The Morgan fingerprint density at radius 1 is 1.33 bits per heavy atom. The fourth-order valence-corrected chi connectivity index (χ4v) is 1.41. The molecule has 0 aliphatic carbocycles. The number of aromatic nitrogens is 3. The smallest absolute Gasteiger partial charge is 0.148 e. The van der Waals surface area contributed by atoms with Gasteiger partial charge in [0.05, 0.1) is 6.20 Å². The number of alkyl halides is 1. The molecule has 0 aliphatic heterocycles. The predicted molar refractivity (Wildman–Crippen MR) is 60.3 cm³/mol. The van der Waals surface area contributed by atoms with Crippen molar-refractivity contribution in [2.75, 3.05) is 5.32 Å². The van der Waals surface area contributed by atoms with E-state index in [4.69, 9.17) is 11.6 Å². The lowest BCUT2D eigenvalue weighted by Gasteiger charge is -2.05. The fourth-order valence-electron chi connectivity index (χ4n) is 1.23. The van der Waals surface area contributed by atoms with Gasteiger partial charge in [0, 0.05) is 18.6 Å². The average Bonchev–Trinajstić information content (AvgIpc) is 2.66. The summed E-state index contributed by atoms with van der Waals surface area (Å²) >= 11 is 5.70. The van der Waals surface area contributed by atoms with Crippen molar-refractivity contribution in [2.24, 2.45) is 7.05 Å². The van der Waals surface area contributed by atoms with Gasteiger partial charge in [0.1, 0.15) is 5.82 Å². The third kappa shape index (κ3) is 2.27. The van der Waals surface area contributed by atoms with E-state index in [0.717, 1.165) is 17.1 Å². The number of hydrogen-bond donors (Lipinski definition) is 1. The molecule has 0 fully saturated rings. The lowest BCUT2D eigenvalue weighted by molar-refractivity contribution is 0.721. The van der Waals surface area contributed by atoms with Gasteiger partial charge >= 0.3 is 0 Å². The molecule has 0 atom stereocenters. The first-order valence-electron chi connectivity index (χ1n) is 4.56. The number of nitrogens with one attached hydrogen (secondary N) is 1. The molecule has 0 saturated carbocycles. The highest BCUT2D eigenvalue weighted by Gasteiger charge is 1.99. The molecule has 1 N–H and O–H groups in total. The zero-order chi connectivity index (χ0) is 10.7. The maximum atomic E-state index is 5.70. The van der Waals surface area contributed by atoms with Crippen molar-refractivity contribution in [3.63, 3.8) is 0 Å². The Morgan fingerprint density at radius 2 is 2.07 bits per heavy atom. The first kappa shape index (κ1) is 9.98. The first-order valence-corrected chi connectivity index (χ1v) is 5.09. The van der Waals surface area contributed by atoms with Crippen LogP contribution in [-0.4, -0.2) is 15.0 Å². The Hall–Kier alpha value is -1.55. The summed E-state index contributed by atoms with van der Waals surface area (Å²) in [6, 6.07) is 7.92. The minimum absolute atomic E-state index is 0.535. The van der Waals surface area contributed by atoms with Gasteiger partial charge in [-0.05, 0) is 17.7 Å². The highest BCUT2D eigenvalue weighted by molar-refractivity contribution is 6.17. The van der Waals surface area contributed by atoms with Crippen molar-refractivity contribution in [1.29, 1.82) is 0 Å². The summed E-state index contributed by atoms with van der Waals surface area (Å²) < 4.78 is 1.68. The minimum atomic E-state index is 0.535. The maximum absolute atomic E-state index is 5.70. The van der Waals surface area contributed by atoms with Crippen LogP contribution in [0.15, 0.2) is 30.5 Å². The van der Waals surface area contributed by atoms with Crippen LogP contribution in [0.25, 0.3) is 0 Å². The second-order valence-corrected chi connectivity index (χ2v) is 3.47. The highest BCUT2D eigenvalue weighted by atomic mass is 35.5. The van der Waals surface area contributed by atoms with E-state index < -0.39 is 0 Å². The molecule has 1 heterocycles. The van der Waals surface area contributed by atoms with E-state index in [1.54, 1.807) is 10.9 Å². The Labute approximate surface area is 92.9 Å². The summed E-state index contributed by atoms with van der Waals surface area (Å²) in [6.07, 6.45) is 1.68. The number of hydrogen-bond acceptors (Lipinski definition) is 3. The number of nitrogens with zero attached hydrogens (tertiary/aromatic N) is 3. The van der Waals surface area contributed by atoms with Crippen molar-refractivity contribution in [3.8, 4) is 0 Å². The van der Waals surface area contributed by atoms with Gasteiger partial charge in [0.25, 0.3) is 0 Å². The summed E-state index contributed by atoms with van der Waals surface area (Å²) in [4.78, 5) is 0. The van der Waals surface area contributed by atoms with Crippen molar-refractivity contribution in [3.05, 3.63) is 36.0 Å². The molecular weight excluding hydrogens is 212 g/mol. The quantitative estimate of drug-likeness (QED) is 0.811. The SMILES string of the molecule is Cn1nncc1Nc1ccc(CCl)cc1. The van der Waals surface area contributed by atoms with E-state index in [2.05, 4.69) is 15.6 Å². The van der Waals surface area contributed by atoms with E-state index >= 15 is 0 Å². The lowest BCUT2D eigenvalue weighted by Crippen LogP contribution is -1.98. The van der Waals surface area contributed by atoms with Crippen LogP contribution in [0.5, 0.6) is 0 Å². The second kappa shape index (κ2) is 4.31. The molecule has 2 rings (SSSR count). The average molecular weight is 223 g/mol. The second-order valence-electron chi connectivity index (χ2n) is 3.20. The number of rotatable bonds is 3. The molecule has 1 aromatic heterocycles. The van der Waals surface area contributed by atoms with E-state index in [0.29, 0.717) is 5.88 Å². The lowest BCUT2D eigenvalue weighted by atomic mass is 10.2. The monoisotopic (exact) mass is 222 g/mol. The molecule has 0 bridgehead atoms. The van der Waals surface area contributed by atoms with Crippen LogP contribution in [0.4, 0.5) is 11.5 Å². The van der Waals surface area contributed by atoms with Crippen LogP contribution < -0.4 is 5.32 Å². The molecule has 0 radical (unpaired) electrons. The first-order chi connectivity index (χ1) is 7.29. The third-order valence-corrected chi connectivity index (χ3v) is 2.40.